The van der Waals surface area contributed by atoms with Gasteiger partial charge in [0.1, 0.15) is 6.61 Å². The molecule has 0 aliphatic rings. The molecule has 3 aromatic rings. The molecule has 3 aromatic carbocycles. The van der Waals surface area contributed by atoms with Crippen molar-refractivity contribution in [3.05, 3.63) is 89.0 Å². The first-order valence-corrected chi connectivity index (χ1v) is 9.69. The first-order chi connectivity index (χ1) is 15.3. The summed E-state index contributed by atoms with van der Waals surface area (Å²) in [5.74, 6) is 0.441. The predicted molar refractivity (Wildman–Crippen MR) is 113 cm³/mol. The Hall–Kier alpha value is -3.68. The number of halogens is 3. The molecule has 1 amide bonds. The Morgan fingerprint density at radius 2 is 1.50 bits per heavy atom. The Labute approximate surface area is 183 Å². The van der Waals surface area contributed by atoms with Crippen molar-refractivity contribution >= 4 is 5.91 Å². The number of rotatable bonds is 8. The fraction of sp³-hybridized carbons (Fsp3) is 0.208. The highest BCUT2D eigenvalue weighted by molar-refractivity contribution is 5.95. The van der Waals surface area contributed by atoms with Gasteiger partial charge in [-0.15, -0.1) is 0 Å². The van der Waals surface area contributed by atoms with Gasteiger partial charge in [0.05, 0.1) is 19.8 Å². The lowest BCUT2D eigenvalue weighted by molar-refractivity contribution is -0.137. The molecular weight excluding hydrogens is 423 g/mol. The van der Waals surface area contributed by atoms with Crippen LogP contribution in [0.5, 0.6) is 17.2 Å². The van der Waals surface area contributed by atoms with E-state index in [0.717, 1.165) is 17.7 Å². The van der Waals surface area contributed by atoms with E-state index >= 15 is 0 Å². The lowest BCUT2D eigenvalue weighted by Gasteiger charge is -2.16. The van der Waals surface area contributed by atoms with Gasteiger partial charge >= 0.3 is 6.18 Å². The van der Waals surface area contributed by atoms with Gasteiger partial charge in [-0.3, -0.25) is 4.79 Å². The Morgan fingerprint density at radius 1 is 0.875 bits per heavy atom. The maximum atomic E-state index is 12.9. The number of hydrogen-bond acceptors (Lipinski definition) is 4. The highest BCUT2D eigenvalue weighted by atomic mass is 19.4. The van der Waals surface area contributed by atoms with Crippen LogP contribution in [-0.4, -0.2) is 20.1 Å². The lowest BCUT2D eigenvalue weighted by Crippen LogP contribution is -2.23. The average Bonchev–Trinajstić information content (AvgIpc) is 2.80. The number of carbonyl (C=O) groups excluding carboxylic acids is 1. The maximum Gasteiger partial charge on any atom is 0.416 e. The summed E-state index contributed by atoms with van der Waals surface area (Å²) in [6.07, 6.45) is -4.45. The van der Waals surface area contributed by atoms with Gasteiger partial charge in [-0.1, -0.05) is 42.5 Å². The van der Waals surface area contributed by atoms with E-state index in [4.69, 9.17) is 14.2 Å². The van der Waals surface area contributed by atoms with Crippen molar-refractivity contribution in [2.24, 2.45) is 0 Å². The molecule has 0 heterocycles. The standard InChI is InChI=1S/C24H22F3NO4/c1-30-20-12-18(13-21(31-2)22(20)32-15-16-7-4-3-5-8-16)23(29)28-14-17-9-6-10-19(11-17)24(25,26)27/h3-13H,14-15H2,1-2H3,(H,28,29). The van der Waals surface area contributed by atoms with E-state index in [-0.39, 0.29) is 18.7 Å². The third-order valence-corrected chi connectivity index (χ3v) is 4.66. The zero-order chi connectivity index (χ0) is 23.1. The molecule has 5 nitrogen and oxygen atoms in total. The van der Waals surface area contributed by atoms with Crippen molar-refractivity contribution in [3.63, 3.8) is 0 Å². The van der Waals surface area contributed by atoms with Crippen LogP contribution in [-0.2, 0) is 19.3 Å². The van der Waals surface area contributed by atoms with Crippen molar-refractivity contribution < 1.29 is 32.2 Å². The van der Waals surface area contributed by atoms with Gasteiger partial charge in [0.25, 0.3) is 5.91 Å². The van der Waals surface area contributed by atoms with Gasteiger partial charge in [0.2, 0.25) is 5.75 Å². The SMILES string of the molecule is COc1cc(C(=O)NCc2cccc(C(F)(F)F)c2)cc(OC)c1OCc1ccccc1. The Balaban J connectivity index is 1.75. The largest absolute Gasteiger partial charge is 0.493 e. The minimum atomic E-state index is -4.45. The minimum absolute atomic E-state index is 0.0698. The summed E-state index contributed by atoms with van der Waals surface area (Å²) in [6.45, 7) is 0.203. The molecule has 0 aliphatic heterocycles. The van der Waals surface area contributed by atoms with Crippen molar-refractivity contribution in [2.45, 2.75) is 19.3 Å². The molecule has 0 atom stereocenters. The molecule has 3 rings (SSSR count). The molecule has 0 fully saturated rings. The van der Waals surface area contributed by atoms with Crippen LogP contribution >= 0.6 is 0 Å². The van der Waals surface area contributed by atoms with Crippen molar-refractivity contribution in [2.75, 3.05) is 14.2 Å². The van der Waals surface area contributed by atoms with Crippen LogP contribution in [0.2, 0.25) is 0 Å². The number of nitrogens with one attached hydrogen (secondary N) is 1. The summed E-state index contributed by atoms with van der Waals surface area (Å²) >= 11 is 0. The summed E-state index contributed by atoms with van der Waals surface area (Å²) in [7, 11) is 2.88. The molecule has 0 aromatic heterocycles. The molecule has 168 valence electrons. The molecule has 0 radical (unpaired) electrons. The molecule has 0 bridgehead atoms. The molecule has 1 N–H and O–H groups in total. The highest BCUT2D eigenvalue weighted by Gasteiger charge is 2.30. The van der Waals surface area contributed by atoms with Gasteiger partial charge < -0.3 is 19.5 Å². The Kier molecular flexibility index (Phi) is 7.25. The van der Waals surface area contributed by atoms with E-state index in [0.29, 0.717) is 22.8 Å². The normalized spacial score (nSPS) is 11.0. The number of alkyl halides is 3. The van der Waals surface area contributed by atoms with Crippen LogP contribution in [0.4, 0.5) is 13.2 Å². The van der Waals surface area contributed by atoms with Gasteiger partial charge in [-0.2, -0.15) is 13.2 Å². The number of ether oxygens (including phenoxy) is 3. The summed E-state index contributed by atoms with van der Waals surface area (Å²) < 4.78 is 55.2. The Morgan fingerprint density at radius 3 is 2.09 bits per heavy atom. The van der Waals surface area contributed by atoms with Crippen LogP contribution in [0.25, 0.3) is 0 Å². The molecular formula is C24H22F3NO4. The number of amides is 1. The van der Waals surface area contributed by atoms with Crippen LogP contribution < -0.4 is 19.5 Å². The molecule has 0 spiro atoms. The maximum absolute atomic E-state index is 12.9. The zero-order valence-electron chi connectivity index (χ0n) is 17.5. The molecule has 0 aliphatic carbocycles. The second-order valence-electron chi connectivity index (χ2n) is 6.86. The van der Waals surface area contributed by atoms with Gasteiger partial charge in [0, 0.05) is 12.1 Å². The third kappa shape index (κ3) is 5.72. The van der Waals surface area contributed by atoms with E-state index in [9.17, 15) is 18.0 Å². The number of hydrogen-bond donors (Lipinski definition) is 1. The molecule has 32 heavy (non-hydrogen) atoms. The van der Waals surface area contributed by atoms with Gasteiger partial charge in [0.15, 0.2) is 11.5 Å². The molecule has 0 unspecified atom stereocenters. The second-order valence-corrected chi connectivity index (χ2v) is 6.86. The lowest BCUT2D eigenvalue weighted by atomic mass is 10.1. The quantitative estimate of drug-likeness (QED) is 0.516. The average molecular weight is 445 g/mol. The third-order valence-electron chi connectivity index (χ3n) is 4.66. The Bertz CT molecular complexity index is 1040. The smallest absolute Gasteiger partial charge is 0.416 e. The summed E-state index contributed by atoms with van der Waals surface area (Å²) in [5.41, 5.74) is 0.722. The highest BCUT2D eigenvalue weighted by Crippen LogP contribution is 2.39. The van der Waals surface area contributed by atoms with Crippen molar-refractivity contribution in [3.8, 4) is 17.2 Å². The molecule has 0 saturated heterocycles. The number of methoxy groups -OCH3 is 2. The van der Waals surface area contributed by atoms with Gasteiger partial charge in [-0.25, -0.2) is 0 Å². The van der Waals surface area contributed by atoms with Crippen LogP contribution in [0.3, 0.4) is 0 Å². The summed E-state index contributed by atoms with van der Waals surface area (Å²) in [4.78, 5) is 12.6. The summed E-state index contributed by atoms with van der Waals surface area (Å²) in [6, 6.07) is 17.3. The zero-order valence-corrected chi connectivity index (χ0v) is 17.5. The van der Waals surface area contributed by atoms with Gasteiger partial charge in [-0.05, 0) is 35.4 Å². The number of benzene rings is 3. The fourth-order valence-electron chi connectivity index (χ4n) is 3.03. The van der Waals surface area contributed by atoms with E-state index in [1.165, 1.54) is 38.5 Å². The number of carbonyl (C=O) groups is 1. The first kappa shape index (κ1) is 23.0. The first-order valence-electron chi connectivity index (χ1n) is 9.69. The van der Waals surface area contributed by atoms with E-state index < -0.39 is 17.6 Å². The fourth-order valence-corrected chi connectivity index (χ4v) is 3.03. The topological polar surface area (TPSA) is 56.8 Å². The van der Waals surface area contributed by atoms with Crippen molar-refractivity contribution in [1.82, 2.24) is 5.32 Å². The minimum Gasteiger partial charge on any atom is -0.493 e. The van der Waals surface area contributed by atoms with E-state index in [2.05, 4.69) is 5.32 Å². The monoisotopic (exact) mass is 445 g/mol. The van der Waals surface area contributed by atoms with E-state index in [1.54, 1.807) is 0 Å². The molecule has 8 heteroatoms. The predicted octanol–water partition coefficient (Wildman–Crippen LogP) is 5.23. The van der Waals surface area contributed by atoms with Crippen LogP contribution in [0.15, 0.2) is 66.7 Å². The van der Waals surface area contributed by atoms with Crippen LogP contribution in [0.1, 0.15) is 27.0 Å². The second kappa shape index (κ2) is 10.1. The van der Waals surface area contributed by atoms with Crippen LogP contribution in [0, 0.1) is 0 Å². The summed E-state index contributed by atoms with van der Waals surface area (Å²) in [5, 5.41) is 2.62. The van der Waals surface area contributed by atoms with Crippen molar-refractivity contribution in [1.29, 1.82) is 0 Å². The van der Waals surface area contributed by atoms with E-state index in [1.807, 2.05) is 30.3 Å². The molecule has 0 saturated carbocycles.